The summed E-state index contributed by atoms with van der Waals surface area (Å²) in [5.41, 5.74) is 1.25. The fourth-order valence-corrected chi connectivity index (χ4v) is 3.36. The smallest absolute Gasteiger partial charge is 0.261 e. The number of anilines is 1. The topological polar surface area (TPSA) is 90.3 Å². The summed E-state index contributed by atoms with van der Waals surface area (Å²) in [7, 11) is -3.75. The molecule has 0 aromatic heterocycles. The van der Waals surface area contributed by atoms with Crippen LogP contribution < -0.4 is 4.72 Å². The summed E-state index contributed by atoms with van der Waals surface area (Å²) >= 11 is 0. The van der Waals surface area contributed by atoms with Gasteiger partial charge >= 0.3 is 0 Å². The average Bonchev–Trinajstić information content (AvgIpc) is 2.63. The van der Waals surface area contributed by atoms with Gasteiger partial charge in [0.1, 0.15) is 0 Å². The molecule has 2 rings (SSSR count). The van der Waals surface area contributed by atoms with Crippen molar-refractivity contribution in [2.75, 3.05) is 17.8 Å². The van der Waals surface area contributed by atoms with Gasteiger partial charge in [0.25, 0.3) is 15.9 Å². The highest BCUT2D eigenvalue weighted by atomic mass is 32.2. The van der Waals surface area contributed by atoms with Crippen LogP contribution in [-0.2, 0) is 10.0 Å². The SMILES string of the molecule is CCN(CC)C(=O)c1ccc(NS(=O)(=O)c2ccc(C#N)cc2)cc1. The Balaban J connectivity index is 2.17. The first-order valence-electron chi connectivity index (χ1n) is 7.83. The molecule has 0 radical (unpaired) electrons. The van der Waals surface area contributed by atoms with E-state index >= 15 is 0 Å². The van der Waals surface area contributed by atoms with Gasteiger partial charge in [0.05, 0.1) is 16.5 Å². The Kier molecular flexibility index (Phi) is 5.78. The first-order valence-corrected chi connectivity index (χ1v) is 9.32. The van der Waals surface area contributed by atoms with Gasteiger partial charge in [-0.15, -0.1) is 0 Å². The molecule has 0 atom stereocenters. The third-order valence-electron chi connectivity index (χ3n) is 3.73. The minimum atomic E-state index is -3.75. The minimum absolute atomic E-state index is 0.0646. The molecule has 1 amide bonds. The number of hydrogen-bond acceptors (Lipinski definition) is 4. The molecule has 2 aromatic rings. The maximum atomic E-state index is 12.4. The maximum Gasteiger partial charge on any atom is 0.261 e. The van der Waals surface area contributed by atoms with Crippen molar-refractivity contribution in [2.24, 2.45) is 0 Å². The summed E-state index contributed by atoms with van der Waals surface area (Å²) in [5.74, 6) is -0.0912. The van der Waals surface area contributed by atoms with E-state index < -0.39 is 10.0 Å². The molecule has 1 N–H and O–H groups in total. The van der Waals surface area contributed by atoms with Gasteiger partial charge in [-0.25, -0.2) is 8.42 Å². The highest BCUT2D eigenvalue weighted by molar-refractivity contribution is 7.92. The Bertz CT molecular complexity index is 879. The van der Waals surface area contributed by atoms with E-state index in [1.165, 1.54) is 24.3 Å². The number of amides is 1. The molecule has 0 aliphatic rings. The summed E-state index contributed by atoms with van der Waals surface area (Å²) in [6.45, 7) is 5.04. The molecule has 6 nitrogen and oxygen atoms in total. The largest absolute Gasteiger partial charge is 0.339 e. The number of rotatable bonds is 6. The third-order valence-corrected chi connectivity index (χ3v) is 5.13. The lowest BCUT2D eigenvalue weighted by molar-refractivity contribution is 0.0773. The monoisotopic (exact) mass is 357 g/mol. The molecule has 2 aromatic carbocycles. The number of nitrogens with one attached hydrogen (secondary N) is 1. The van der Waals surface area contributed by atoms with E-state index in [1.807, 2.05) is 19.9 Å². The van der Waals surface area contributed by atoms with Crippen LogP contribution in [0.5, 0.6) is 0 Å². The summed E-state index contributed by atoms with van der Waals surface area (Å²) < 4.78 is 27.2. The Hall–Kier alpha value is -2.85. The first kappa shape index (κ1) is 18.5. The number of nitrogens with zero attached hydrogens (tertiary/aromatic N) is 2. The third kappa shape index (κ3) is 4.37. The van der Waals surface area contributed by atoms with Gasteiger partial charge in [0, 0.05) is 24.3 Å². The van der Waals surface area contributed by atoms with Gasteiger partial charge in [0.2, 0.25) is 0 Å². The number of carbonyl (C=O) groups is 1. The zero-order chi connectivity index (χ0) is 18.4. The second-order valence-electron chi connectivity index (χ2n) is 5.30. The van der Waals surface area contributed by atoms with Crippen LogP contribution in [0.4, 0.5) is 5.69 Å². The predicted octanol–water partition coefficient (Wildman–Crippen LogP) is 2.84. The van der Waals surface area contributed by atoms with Crippen LogP contribution in [0.1, 0.15) is 29.8 Å². The van der Waals surface area contributed by atoms with E-state index in [1.54, 1.807) is 29.2 Å². The quantitative estimate of drug-likeness (QED) is 0.861. The van der Waals surface area contributed by atoms with E-state index in [4.69, 9.17) is 5.26 Å². The van der Waals surface area contributed by atoms with Crippen molar-refractivity contribution in [3.05, 3.63) is 59.7 Å². The Labute approximate surface area is 147 Å². The maximum absolute atomic E-state index is 12.4. The van der Waals surface area contributed by atoms with Crippen molar-refractivity contribution < 1.29 is 13.2 Å². The Morgan fingerprint density at radius 1 is 1.04 bits per heavy atom. The predicted molar refractivity (Wildman–Crippen MR) is 95.7 cm³/mol. The van der Waals surface area contributed by atoms with Gasteiger partial charge in [-0.3, -0.25) is 9.52 Å². The van der Waals surface area contributed by atoms with Crippen molar-refractivity contribution in [3.63, 3.8) is 0 Å². The van der Waals surface area contributed by atoms with Gasteiger partial charge in [-0.2, -0.15) is 5.26 Å². The highest BCUT2D eigenvalue weighted by Gasteiger charge is 2.15. The fourth-order valence-electron chi connectivity index (χ4n) is 2.30. The first-order chi connectivity index (χ1) is 11.9. The second kappa shape index (κ2) is 7.81. The summed E-state index contributed by atoms with van der Waals surface area (Å²) in [5, 5.41) is 8.77. The van der Waals surface area contributed by atoms with Gasteiger partial charge < -0.3 is 4.90 Å². The van der Waals surface area contributed by atoms with E-state index in [0.717, 1.165) is 0 Å². The molecule has 0 fully saturated rings. The molecule has 0 aliphatic heterocycles. The number of hydrogen-bond donors (Lipinski definition) is 1. The molecule has 0 unspecified atom stereocenters. The lowest BCUT2D eigenvalue weighted by atomic mass is 10.2. The average molecular weight is 357 g/mol. The van der Waals surface area contributed by atoms with Crippen LogP contribution in [0.2, 0.25) is 0 Å². The molecule has 0 bridgehead atoms. The van der Waals surface area contributed by atoms with Crippen LogP contribution in [0.25, 0.3) is 0 Å². The second-order valence-corrected chi connectivity index (χ2v) is 6.98. The van der Waals surface area contributed by atoms with Crippen LogP contribution in [0.15, 0.2) is 53.4 Å². The Morgan fingerprint density at radius 3 is 2.08 bits per heavy atom. The Morgan fingerprint density at radius 2 is 1.60 bits per heavy atom. The van der Waals surface area contributed by atoms with E-state index in [0.29, 0.717) is 29.9 Å². The number of benzene rings is 2. The van der Waals surface area contributed by atoms with Gasteiger partial charge in [0.15, 0.2) is 0 Å². The molecule has 0 aliphatic carbocycles. The minimum Gasteiger partial charge on any atom is -0.339 e. The molecule has 130 valence electrons. The standard InChI is InChI=1S/C18H19N3O3S/c1-3-21(4-2)18(22)15-7-9-16(10-8-15)20-25(23,24)17-11-5-14(13-19)6-12-17/h5-12,20H,3-4H2,1-2H3. The molecule has 0 heterocycles. The number of carbonyl (C=O) groups excluding carboxylic acids is 1. The fraction of sp³-hybridized carbons (Fsp3) is 0.222. The molecule has 0 saturated carbocycles. The summed E-state index contributed by atoms with van der Waals surface area (Å²) in [6, 6.07) is 13.9. The van der Waals surface area contributed by atoms with Crippen molar-refractivity contribution in [3.8, 4) is 6.07 Å². The van der Waals surface area contributed by atoms with Crippen LogP contribution >= 0.6 is 0 Å². The van der Waals surface area contributed by atoms with E-state index in [2.05, 4.69) is 4.72 Å². The van der Waals surface area contributed by atoms with E-state index in [9.17, 15) is 13.2 Å². The zero-order valence-electron chi connectivity index (χ0n) is 14.1. The lowest BCUT2D eigenvalue weighted by Crippen LogP contribution is -2.30. The number of sulfonamides is 1. The van der Waals surface area contributed by atoms with E-state index in [-0.39, 0.29) is 10.8 Å². The molecule has 0 spiro atoms. The van der Waals surface area contributed by atoms with Crippen molar-refractivity contribution in [1.29, 1.82) is 5.26 Å². The van der Waals surface area contributed by atoms with Crippen molar-refractivity contribution >= 4 is 21.6 Å². The van der Waals surface area contributed by atoms with Gasteiger partial charge in [-0.05, 0) is 62.4 Å². The van der Waals surface area contributed by atoms with Crippen molar-refractivity contribution in [1.82, 2.24) is 4.90 Å². The molecular weight excluding hydrogens is 338 g/mol. The van der Waals surface area contributed by atoms with Crippen LogP contribution in [-0.4, -0.2) is 32.3 Å². The van der Waals surface area contributed by atoms with Crippen molar-refractivity contribution in [2.45, 2.75) is 18.7 Å². The van der Waals surface area contributed by atoms with Gasteiger partial charge in [-0.1, -0.05) is 0 Å². The number of nitriles is 1. The summed E-state index contributed by atoms with van der Waals surface area (Å²) in [6.07, 6.45) is 0. The normalized spacial score (nSPS) is 10.8. The highest BCUT2D eigenvalue weighted by Crippen LogP contribution is 2.18. The molecule has 0 saturated heterocycles. The summed E-state index contributed by atoms with van der Waals surface area (Å²) in [4.78, 5) is 14.0. The zero-order valence-corrected chi connectivity index (χ0v) is 14.9. The lowest BCUT2D eigenvalue weighted by Gasteiger charge is -2.18. The molecular formula is C18H19N3O3S. The molecule has 25 heavy (non-hydrogen) atoms. The van der Waals surface area contributed by atoms with Crippen LogP contribution in [0, 0.1) is 11.3 Å². The molecule has 7 heteroatoms. The van der Waals surface area contributed by atoms with Crippen LogP contribution in [0.3, 0.4) is 0 Å².